The highest BCUT2D eigenvalue weighted by Gasteiger charge is 2.47. The van der Waals surface area contributed by atoms with E-state index in [1.807, 2.05) is 13.8 Å². The maximum atomic E-state index is 10.9. The normalized spacial score (nSPS) is 26.6. The number of rotatable bonds is 3. The van der Waals surface area contributed by atoms with Gasteiger partial charge in [-0.15, -0.1) is 0 Å². The third kappa shape index (κ3) is 1.93. The van der Waals surface area contributed by atoms with Crippen molar-refractivity contribution in [1.82, 2.24) is 0 Å². The second kappa shape index (κ2) is 3.17. The zero-order valence-electron chi connectivity index (χ0n) is 8.85. The molecule has 13 heavy (non-hydrogen) atoms. The van der Waals surface area contributed by atoms with E-state index in [1.165, 1.54) is 0 Å². The van der Waals surface area contributed by atoms with Gasteiger partial charge in [0, 0.05) is 5.57 Å². The van der Waals surface area contributed by atoms with E-state index in [0.29, 0.717) is 23.3 Å². The van der Waals surface area contributed by atoms with Crippen molar-refractivity contribution in [2.45, 2.75) is 40.5 Å². The maximum absolute atomic E-state index is 10.9. The standard InChI is InChI=1S/C11H18O2/c1-5-8(10(12)13)7(2)9-6-11(9,3)4/h9H,5-6H2,1-4H3,(H,12,13)/b8-7-. The van der Waals surface area contributed by atoms with Crippen molar-refractivity contribution in [2.75, 3.05) is 0 Å². The maximum Gasteiger partial charge on any atom is 0.331 e. The first kappa shape index (κ1) is 10.3. The summed E-state index contributed by atoms with van der Waals surface area (Å²) in [5.74, 6) is -0.249. The van der Waals surface area contributed by atoms with Crippen LogP contribution in [0.2, 0.25) is 0 Å². The molecule has 0 aromatic carbocycles. The lowest BCUT2D eigenvalue weighted by atomic mass is 9.98. The molecule has 74 valence electrons. The summed E-state index contributed by atoms with van der Waals surface area (Å²) < 4.78 is 0. The van der Waals surface area contributed by atoms with E-state index in [-0.39, 0.29) is 0 Å². The van der Waals surface area contributed by atoms with E-state index in [1.54, 1.807) is 0 Å². The predicted octanol–water partition coefficient (Wildman–Crippen LogP) is 2.84. The fourth-order valence-corrected chi connectivity index (χ4v) is 2.02. The SMILES string of the molecule is CC/C(C(=O)O)=C(\C)C1CC1(C)C. The summed E-state index contributed by atoms with van der Waals surface area (Å²) in [4.78, 5) is 10.9. The Morgan fingerprint density at radius 3 is 2.23 bits per heavy atom. The van der Waals surface area contributed by atoms with Gasteiger partial charge in [-0.2, -0.15) is 0 Å². The molecule has 1 unspecified atom stereocenters. The van der Waals surface area contributed by atoms with Crippen LogP contribution in [0.3, 0.4) is 0 Å². The second-order valence-electron chi connectivity index (χ2n) is 4.57. The number of carbonyl (C=O) groups is 1. The lowest BCUT2D eigenvalue weighted by molar-refractivity contribution is -0.132. The molecule has 0 aromatic heterocycles. The molecule has 0 heterocycles. The molecular weight excluding hydrogens is 164 g/mol. The van der Waals surface area contributed by atoms with Crippen molar-refractivity contribution in [3.8, 4) is 0 Å². The zero-order valence-corrected chi connectivity index (χ0v) is 8.85. The summed E-state index contributed by atoms with van der Waals surface area (Å²) in [7, 11) is 0. The van der Waals surface area contributed by atoms with Crippen LogP contribution in [0, 0.1) is 11.3 Å². The molecule has 1 atom stereocenters. The molecule has 0 aromatic rings. The smallest absolute Gasteiger partial charge is 0.331 e. The largest absolute Gasteiger partial charge is 0.478 e. The van der Waals surface area contributed by atoms with Crippen LogP contribution >= 0.6 is 0 Å². The first-order chi connectivity index (χ1) is 5.90. The van der Waals surface area contributed by atoms with E-state index in [4.69, 9.17) is 5.11 Å². The number of allylic oxidation sites excluding steroid dienone is 1. The molecule has 0 amide bonds. The fourth-order valence-electron chi connectivity index (χ4n) is 2.02. The van der Waals surface area contributed by atoms with Gasteiger partial charge in [0.2, 0.25) is 0 Å². The quantitative estimate of drug-likeness (QED) is 0.681. The van der Waals surface area contributed by atoms with Crippen molar-refractivity contribution in [3.63, 3.8) is 0 Å². The number of hydrogen-bond donors (Lipinski definition) is 1. The van der Waals surface area contributed by atoms with E-state index < -0.39 is 5.97 Å². The van der Waals surface area contributed by atoms with Crippen LogP contribution in [0.25, 0.3) is 0 Å². The molecule has 0 bridgehead atoms. The van der Waals surface area contributed by atoms with Crippen LogP contribution < -0.4 is 0 Å². The number of aliphatic carboxylic acids is 1. The highest BCUT2D eigenvalue weighted by molar-refractivity contribution is 5.87. The summed E-state index contributed by atoms with van der Waals surface area (Å²) in [6.07, 6.45) is 1.77. The van der Waals surface area contributed by atoms with Gasteiger partial charge in [0.15, 0.2) is 0 Å². The molecule has 1 saturated carbocycles. The average molecular weight is 182 g/mol. The molecule has 1 fully saturated rings. The number of carboxylic acid groups (broad SMARTS) is 1. The molecule has 0 spiro atoms. The third-order valence-electron chi connectivity index (χ3n) is 3.12. The van der Waals surface area contributed by atoms with Crippen LogP contribution in [0.1, 0.15) is 40.5 Å². The Hall–Kier alpha value is -0.790. The molecule has 1 N–H and O–H groups in total. The van der Waals surface area contributed by atoms with E-state index in [0.717, 1.165) is 12.0 Å². The third-order valence-corrected chi connectivity index (χ3v) is 3.12. The summed E-state index contributed by atoms with van der Waals surface area (Å²) in [6.45, 7) is 8.25. The Bertz CT molecular complexity index is 261. The van der Waals surface area contributed by atoms with Gasteiger partial charge in [0.05, 0.1) is 0 Å². The Morgan fingerprint density at radius 2 is 2.00 bits per heavy atom. The Labute approximate surface area is 79.6 Å². The minimum Gasteiger partial charge on any atom is -0.478 e. The highest BCUT2D eigenvalue weighted by atomic mass is 16.4. The van der Waals surface area contributed by atoms with Gasteiger partial charge < -0.3 is 5.11 Å². The van der Waals surface area contributed by atoms with Crippen molar-refractivity contribution >= 4 is 5.97 Å². The lowest BCUT2D eigenvalue weighted by Crippen LogP contribution is -2.05. The van der Waals surface area contributed by atoms with Crippen LogP contribution in [0.4, 0.5) is 0 Å². The van der Waals surface area contributed by atoms with Crippen molar-refractivity contribution in [3.05, 3.63) is 11.1 Å². The van der Waals surface area contributed by atoms with Crippen LogP contribution in [-0.4, -0.2) is 11.1 Å². The van der Waals surface area contributed by atoms with Gasteiger partial charge in [-0.25, -0.2) is 4.79 Å². The molecule has 2 heteroatoms. The van der Waals surface area contributed by atoms with Gasteiger partial charge >= 0.3 is 5.97 Å². The molecule has 1 aliphatic rings. The minimum atomic E-state index is -0.747. The summed E-state index contributed by atoms with van der Waals surface area (Å²) in [6, 6.07) is 0. The molecule has 0 saturated heterocycles. The summed E-state index contributed by atoms with van der Waals surface area (Å²) >= 11 is 0. The van der Waals surface area contributed by atoms with Crippen LogP contribution in [0.15, 0.2) is 11.1 Å². The lowest BCUT2D eigenvalue weighted by Gasteiger charge is -2.07. The van der Waals surface area contributed by atoms with Crippen LogP contribution in [-0.2, 0) is 4.79 Å². The number of hydrogen-bond acceptors (Lipinski definition) is 1. The second-order valence-corrected chi connectivity index (χ2v) is 4.57. The molecule has 2 nitrogen and oxygen atoms in total. The predicted molar refractivity (Wildman–Crippen MR) is 52.5 cm³/mol. The van der Waals surface area contributed by atoms with Crippen molar-refractivity contribution in [2.24, 2.45) is 11.3 Å². The Morgan fingerprint density at radius 1 is 1.54 bits per heavy atom. The zero-order chi connectivity index (χ0) is 10.2. The van der Waals surface area contributed by atoms with Crippen molar-refractivity contribution < 1.29 is 9.90 Å². The average Bonchev–Trinajstić information content (AvgIpc) is 2.60. The first-order valence-corrected chi connectivity index (χ1v) is 4.83. The van der Waals surface area contributed by atoms with Gasteiger partial charge in [-0.05, 0) is 31.1 Å². The molecular formula is C11H18O2. The Balaban J connectivity index is 2.85. The Kier molecular flexibility index (Phi) is 2.51. The molecule has 0 aliphatic heterocycles. The topological polar surface area (TPSA) is 37.3 Å². The highest BCUT2D eigenvalue weighted by Crippen LogP contribution is 2.56. The molecule has 1 rings (SSSR count). The van der Waals surface area contributed by atoms with E-state index >= 15 is 0 Å². The van der Waals surface area contributed by atoms with E-state index in [2.05, 4.69) is 13.8 Å². The van der Waals surface area contributed by atoms with Gasteiger partial charge in [0.25, 0.3) is 0 Å². The summed E-state index contributed by atoms with van der Waals surface area (Å²) in [5.41, 5.74) is 2.02. The van der Waals surface area contributed by atoms with E-state index in [9.17, 15) is 4.79 Å². The summed E-state index contributed by atoms with van der Waals surface area (Å²) in [5, 5.41) is 8.93. The van der Waals surface area contributed by atoms with Gasteiger partial charge in [-0.1, -0.05) is 26.3 Å². The molecule has 0 radical (unpaired) electrons. The molecule has 1 aliphatic carbocycles. The van der Waals surface area contributed by atoms with Gasteiger partial charge in [-0.3, -0.25) is 0 Å². The fraction of sp³-hybridized carbons (Fsp3) is 0.727. The number of carboxylic acids is 1. The monoisotopic (exact) mass is 182 g/mol. The first-order valence-electron chi connectivity index (χ1n) is 4.83. The minimum absolute atomic E-state index is 0.333. The van der Waals surface area contributed by atoms with Crippen LogP contribution in [0.5, 0.6) is 0 Å². The van der Waals surface area contributed by atoms with Gasteiger partial charge in [0.1, 0.15) is 0 Å². The van der Waals surface area contributed by atoms with Crippen molar-refractivity contribution in [1.29, 1.82) is 0 Å².